The second kappa shape index (κ2) is 5.08. The molecule has 0 saturated heterocycles. The third kappa shape index (κ3) is 2.80. The van der Waals surface area contributed by atoms with Crippen LogP contribution in [0.25, 0.3) is 0 Å². The molecule has 0 spiro atoms. The van der Waals surface area contributed by atoms with Gasteiger partial charge in [0.1, 0.15) is 5.02 Å². The van der Waals surface area contributed by atoms with Crippen LogP contribution in [0, 0.1) is 0 Å². The van der Waals surface area contributed by atoms with Crippen LogP contribution < -0.4 is 10.9 Å². The third-order valence-electron chi connectivity index (χ3n) is 1.98. The lowest BCUT2D eigenvalue weighted by molar-refractivity contribution is 1.12. The Hall–Kier alpha value is -1.04. The van der Waals surface area contributed by atoms with Gasteiger partial charge in [-0.15, -0.1) is 0 Å². The normalized spacial score (nSPS) is 10.3. The summed E-state index contributed by atoms with van der Waals surface area (Å²) in [6.45, 7) is 0. The highest BCUT2D eigenvalue weighted by molar-refractivity contribution is 9.10. The van der Waals surface area contributed by atoms with Gasteiger partial charge in [0.25, 0.3) is 5.56 Å². The topological polar surface area (TPSA) is 57.8 Å². The molecule has 88 valence electrons. The molecule has 1 aromatic carbocycles. The van der Waals surface area contributed by atoms with E-state index in [4.69, 9.17) is 23.2 Å². The van der Waals surface area contributed by atoms with Crippen molar-refractivity contribution in [1.82, 2.24) is 9.97 Å². The molecule has 0 fully saturated rings. The zero-order valence-electron chi connectivity index (χ0n) is 8.30. The number of nitrogens with one attached hydrogen (secondary N) is 2. The lowest BCUT2D eigenvalue weighted by atomic mass is 10.3. The van der Waals surface area contributed by atoms with E-state index in [-0.39, 0.29) is 10.8 Å². The molecular weight excluding hydrogens is 329 g/mol. The van der Waals surface area contributed by atoms with E-state index in [1.54, 1.807) is 18.2 Å². The molecule has 0 saturated carbocycles. The van der Waals surface area contributed by atoms with Crippen LogP contribution in [0.2, 0.25) is 10.0 Å². The fourth-order valence-electron chi connectivity index (χ4n) is 1.18. The second-order valence-electron chi connectivity index (χ2n) is 3.15. The Kier molecular flexibility index (Phi) is 3.71. The van der Waals surface area contributed by atoms with Gasteiger partial charge in [-0.2, -0.15) is 0 Å². The minimum Gasteiger partial charge on any atom is -0.339 e. The standard InChI is InChI=1S/C10H6BrCl2N3O/c11-6-2-1-5(3-7(6)12)16-9-8(13)10(17)15-4-14-9/h1-4H,(H2,14,15,16,17). The molecule has 0 aliphatic carbocycles. The molecular formula is C10H6BrCl2N3O. The SMILES string of the molecule is O=c1[nH]cnc(Nc2ccc(Br)c(Cl)c2)c1Cl. The zero-order chi connectivity index (χ0) is 12.4. The molecule has 1 aromatic heterocycles. The summed E-state index contributed by atoms with van der Waals surface area (Å²) in [7, 11) is 0. The highest BCUT2D eigenvalue weighted by atomic mass is 79.9. The number of benzene rings is 1. The zero-order valence-corrected chi connectivity index (χ0v) is 11.4. The van der Waals surface area contributed by atoms with Gasteiger partial charge in [-0.1, -0.05) is 23.2 Å². The molecule has 0 aliphatic rings. The summed E-state index contributed by atoms with van der Waals surface area (Å²) in [5.41, 5.74) is 0.297. The van der Waals surface area contributed by atoms with E-state index >= 15 is 0 Å². The number of halogens is 3. The number of rotatable bonds is 2. The minimum absolute atomic E-state index is 0.00606. The molecule has 1 heterocycles. The Morgan fingerprint density at radius 3 is 2.82 bits per heavy atom. The lowest BCUT2D eigenvalue weighted by Crippen LogP contribution is -2.09. The summed E-state index contributed by atoms with van der Waals surface area (Å²) in [6, 6.07) is 5.27. The van der Waals surface area contributed by atoms with Crippen molar-refractivity contribution in [3.05, 3.63) is 49.4 Å². The minimum atomic E-state index is -0.396. The number of hydrogen-bond acceptors (Lipinski definition) is 3. The van der Waals surface area contributed by atoms with E-state index < -0.39 is 5.56 Å². The molecule has 0 unspecified atom stereocenters. The van der Waals surface area contributed by atoms with Gasteiger partial charge in [-0.05, 0) is 34.1 Å². The molecule has 0 aliphatic heterocycles. The molecule has 2 aromatic rings. The molecule has 7 heteroatoms. The van der Waals surface area contributed by atoms with Crippen molar-refractivity contribution in [1.29, 1.82) is 0 Å². The van der Waals surface area contributed by atoms with Crippen molar-refractivity contribution < 1.29 is 0 Å². The van der Waals surface area contributed by atoms with Crippen molar-refractivity contribution in [2.45, 2.75) is 0 Å². The predicted molar refractivity (Wildman–Crippen MR) is 72.3 cm³/mol. The number of aromatic nitrogens is 2. The molecule has 17 heavy (non-hydrogen) atoms. The van der Waals surface area contributed by atoms with Crippen molar-refractivity contribution in [3.63, 3.8) is 0 Å². The van der Waals surface area contributed by atoms with Crippen LogP contribution in [-0.4, -0.2) is 9.97 Å². The maximum atomic E-state index is 11.3. The first-order chi connectivity index (χ1) is 8.08. The second-order valence-corrected chi connectivity index (χ2v) is 4.79. The van der Waals surface area contributed by atoms with Crippen LogP contribution in [0.3, 0.4) is 0 Å². The summed E-state index contributed by atoms with van der Waals surface area (Å²) in [5.74, 6) is 0.286. The first-order valence-corrected chi connectivity index (χ1v) is 6.08. The molecule has 2 N–H and O–H groups in total. The number of H-pyrrole nitrogens is 1. The van der Waals surface area contributed by atoms with E-state index in [0.29, 0.717) is 10.7 Å². The summed E-state index contributed by atoms with van der Waals surface area (Å²) >= 11 is 15.0. The quantitative estimate of drug-likeness (QED) is 0.882. The Morgan fingerprint density at radius 1 is 1.35 bits per heavy atom. The summed E-state index contributed by atoms with van der Waals surface area (Å²) in [6.07, 6.45) is 1.27. The van der Waals surface area contributed by atoms with Gasteiger partial charge >= 0.3 is 0 Å². The third-order valence-corrected chi connectivity index (χ3v) is 3.56. The van der Waals surface area contributed by atoms with Gasteiger partial charge in [0, 0.05) is 10.2 Å². The van der Waals surface area contributed by atoms with Gasteiger partial charge in [0.15, 0.2) is 5.82 Å². The summed E-state index contributed by atoms with van der Waals surface area (Å²) in [5, 5.41) is 3.47. The molecule has 0 radical (unpaired) electrons. The van der Waals surface area contributed by atoms with Gasteiger partial charge in [-0.25, -0.2) is 4.98 Å². The van der Waals surface area contributed by atoms with Crippen molar-refractivity contribution in [3.8, 4) is 0 Å². The highest BCUT2D eigenvalue weighted by Gasteiger charge is 2.06. The average Bonchev–Trinajstić information content (AvgIpc) is 2.30. The Labute approximate surface area is 115 Å². The van der Waals surface area contributed by atoms with E-state index in [1.807, 2.05) is 0 Å². The van der Waals surface area contributed by atoms with Gasteiger partial charge in [0.2, 0.25) is 0 Å². The van der Waals surface area contributed by atoms with E-state index in [2.05, 4.69) is 31.2 Å². The van der Waals surface area contributed by atoms with Crippen molar-refractivity contribution >= 4 is 50.6 Å². The molecule has 4 nitrogen and oxygen atoms in total. The molecule has 2 rings (SSSR count). The van der Waals surface area contributed by atoms with E-state index in [0.717, 1.165) is 4.47 Å². The fraction of sp³-hybridized carbons (Fsp3) is 0. The first-order valence-electron chi connectivity index (χ1n) is 4.53. The monoisotopic (exact) mass is 333 g/mol. The first kappa shape index (κ1) is 12.4. The highest BCUT2D eigenvalue weighted by Crippen LogP contribution is 2.27. The lowest BCUT2D eigenvalue weighted by Gasteiger charge is -2.07. The van der Waals surface area contributed by atoms with Crippen LogP contribution in [0.1, 0.15) is 0 Å². The van der Waals surface area contributed by atoms with E-state index in [9.17, 15) is 4.79 Å². The van der Waals surface area contributed by atoms with Crippen LogP contribution in [0.15, 0.2) is 33.8 Å². The number of nitrogens with zero attached hydrogens (tertiary/aromatic N) is 1. The predicted octanol–water partition coefficient (Wildman–Crippen LogP) is 3.58. The molecule has 0 bridgehead atoms. The molecule has 0 amide bonds. The van der Waals surface area contributed by atoms with Crippen LogP contribution >= 0.6 is 39.1 Å². The number of aromatic amines is 1. The maximum Gasteiger partial charge on any atom is 0.271 e. The number of anilines is 2. The van der Waals surface area contributed by atoms with Crippen LogP contribution in [-0.2, 0) is 0 Å². The van der Waals surface area contributed by atoms with Gasteiger partial charge < -0.3 is 10.3 Å². The van der Waals surface area contributed by atoms with Gasteiger partial charge in [-0.3, -0.25) is 4.79 Å². The number of hydrogen-bond donors (Lipinski definition) is 2. The maximum absolute atomic E-state index is 11.3. The Bertz CT molecular complexity index is 615. The van der Waals surface area contributed by atoms with Gasteiger partial charge in [0.05, 0.1) is 11.3 Å². The summed E-state index contributed by atoms with van der Waals surface area (Å²) < 4.78 is 0.787. The van der Waals surface area contributed by atoms with E-state index in [1.165, 1.54) is 6.33 Å². The Balaban J connectivity index is 2.35. The summed E-state index contributed by atoms with van der Waals surface area (Å²) in [4.78, 5) is 17.6. The van der Waals surface area contributed by atoms with Crippen molar-refractivity contribution in [2.75, 3.05) is 5.32 Å². The molecule has 0 atom stereocenters. The van der Waals surface area contributed by atoms with Crippen LogP contribution in [0.5, 0.6) is 0 Å². The average molecular weight is 335 g/mol. The fourth-order valence-corrected chi connectivity index (χ4v) is 1.76. The smallest absolute Gasteiger partial charge is 0.271 e. The largest absolute Gasteiger partial charge is 0.339 e. The van der Waals surface area contributed by atoms with Crippen LogP contribution in [0.4, 0.5) is 11.5 Å². The Morgan fingerprint density at radius 2 is 2.12 bits per heavy atom. The van der Waals surface area contributed by atoms with Crippen molar-refractivity contribution in [2.24, 2.45) is 0 Å².